The summed E-state index contributed by atoms with van der Waals surface area (Å²) >= 11 is 6.02. The molecule has 1 aromatic carbocycles. The van der Waals surface area contributed by atoms with Crippen LogP contribution in [0.1, 0.15) is 53.5 Å². The summed E-state index contributed by atoms with van der Waals surface area (Å²) in [5, 5.41) is 17.6. The van der Waals surface area contributed by atoms with Gasteiger partial charge in [-0.15, -0.1) is 0 Å². The zero-order valence-corrected chi connectivity index (χ0v) is 23.4. The van der Waals surface area contributed by atoms with Gasteiger partial charge in [-0.2, -0.15) is 0 Å². The van der Waals surface area contributed by atoms with E-state index in [1.54, 1.807) is 30.9 Å². The number of likely N-dealkylation sites (tertiary alicyclic amines) is 1. The Balaban J connectivity index is 2.02. The number of carbonyl (C=O) groups excluding carboxylic acids is 3. The number of benzene rings is 1. The van der Waals surface area contributed by atoms with Crippen LogP contribution in [-0.4, -0.2) is 66.0 Å². The van der Waals surface area contributed by atoms with Crippen molar-refractivity contribution in [1.82, 2.24) is 15.5 Å². The molecule has 0 unspecified atom stereocenters. The number of urea groups is 1. The average Bonchev–Trinajstić information content (AvgIpc) is 2.81. The molecule has 3 amide bonds. The van der Waals surface area contributed by atoms with Crippen molar-refractivity contribution in [1.29, 1.82) is 0 Å². The Kier molecular flexibility index (Phi) is 10.0. The van der Waals surface area contributed by atoms with E-state index < -0.39 is 34.8 Å². The number of aliphatic hydroxyl groups is 1. The van der Waals surface area contributed by atoms with E-state index in [-0.39, 0.29) is 25.0 Å². The second-order valence-corrected chi connectivity index (χ2v) is 11.5. The van der Waals surface area contributed by atoms with Gasteiger partial charge in [0.1, 0.15) is 18.2 Å². The summed E-state index contributed by atoms with van der Waals surface area (Å²) in [6.07, 6.45) is 0.899. The molecule has 0 saturated carbocycles. The highest BCUT2D eigenvalue weighted by Crippen LogP contribution is 2.46. The number of ether oxygens (including phenoxy) is 2. The molecule has 1 fully saturated rings. The standard InChI is InChI=1S/C27H40ClN3O6/c1-8-15-36-24(34)37-26(6,7)16-29-23(33)30-21(18(2)3)22(32)31-14-13-27(35,25(4,5)17-31)19-9-11-20(28)12-10-19/h8-12,18,21,35H,1,13-17H2,2-7H3,(H2,29,30,33)/t21-,27+/m1/s1. The van der Waals surface area contributed by atoms with Crippen molar-refractivity contribution < 1.29 is 29.0 Å². The third-order valence-electron chi connectivity index (χ3n) is 6.66. The number of piperidine rings is 1. The lowest BCUT2D eigenvalue weighted by molar-refractivity contribution is -0.155. The molecule has 1 aromatic rings. The first kappa shape index (κ1) is 30.4. The summed E-state index contributed by atoms with van der Waals surface area (Å²) in [6.45, 7) is 14.9. The first-order chi connectivity index (χ1) is 17.1. The number of rotatable bonds is 9. The van der Waals surface area contributed by atoms with Crippen LogP contribution >= 0.6 is 11.6 Å². The minimum atomic E-state index is -1.13. The molecule has 1 saturated heterocycles. The second-order valence-electron chi connectivity index (χ2n) is 11.0. The quantitative estimate of drug-likeness (QED) is 0.320. The molecule has 3 N–H and O–H groups in total. The molecule has 10 heteroatoms. The Hall–Kier alpha value is -2.78. The second kappa shape index (κ2) is 12.2. The lowest BCUT2D eigenvalue weighted by atomic mass is 9.66. The monoisotopic (exact) mass is 537 g/mol. The number of amides is 3. The summed E-state index contributed by atoms with van der Waals surface area (Å²) in [5.41, 5.74) is -2.06. The zero-order chi connectivity index (χ0) is 28.0. The van der Waals surface area contributed by atoms with Crippen molar-refractivity contribution in [2.45, 2.75) is 65.2 Å². The normalized spacial score (nSPS) is 20.1. The smallest absolute Gasteiger partial charge is 0.430 e. The van der Waals surface area contributed by atoms with Gasteiger partial charge in [-0.3, -0.25) is 4.79 Å². The van der Waals surface area contributed by atoms with E-state index in [0.717, 1.165) is 5.56 Å². The first-order valence-corrected chi connectivity index (χ1v) is 12.8. The summed E-state index contributed by atoms with van der Waals surface area (Å²) in [4.78, 5) is 39.6. The van der Waals surface area contributed by atoms with Crippen LogP contribution in [0.5, 0.6) is 0 Å². The maximum atomic E-state index is 13.5. The van der Waals surface area contributed by atoms with Gasteiger partial charge in [0.25, 0.3) is 0 Å². The third-order valence-corrected chi connectivity index (χ3v) is 6.91. The number of carbonyl (C=O) groups is 3. The number of hydrogen-bond donors (Lipinski definition) is 3. The van der Waals surface area contributed by atoms with Gasteiger partial charge in [-0.05, 0) is 43.9 Å². The van der Waals surface area contributed by atoms with Gasteiger partial charge in [-0.25, -0.2) is 9.59 Å². The Labute approximate surface area is 224 Å². The highest BCUT2D eigenvalue weighted by molar-refractivity contribution is 6.30. The van der Waals surface area contributed by atoms with E-state index in [1.807, 2.05) is 39.8 Å². The molecule has 0 aliphatic carbocycles. The molecule has 0 bridgehead atoms. The SMILES string of the molecule is C=CCOC(=O)OC(C)(C)CNC(=O)N[C@@H](C(=O)N1CC[C@](O)(c2ccc(Cl)cc2)C(C)(C)C1)C(C)C. The molecule has 9 nitrogen and oxygen atoms in total. The van der Waals surface area contributed by atoms with Gasteiger partial charge < -0.3 is 30.1 Å². The van der Waals surface area contributed by atoms with Crippen LogP contribution < -0.4 is 10.6 Å². The van der Waals surface area contributed by atoms with Gasteiger partial charge in [0.05, 0.1) is 12.1 Å². The predicted octanol–water partition coefficient (Wildman–Crippen LogP) is 4.23. The molecular formula is C27H40ClN3O6. The van der Waals surface area contributed by atoms with Crippen LogP contribution in [0.3, 0.4) is 0 Å². The summed E-state index contributed by atoms with van der Waals surface area (Å²) in [6, 6.07) is 5.78. The fourth-order valence-electron chi connectivity index (χ4n) is 4.38. The van der Waals surface area contributed by atoms with Crippen LogP contribution in [-0.2, 0) is 19.9 Å². The topological polar surface area (TPSA) is 117 Å². The maximum absolute atomic E-state index is 13.5. The minimum absolute atomic E-state index is 0.00585. The number of hydrogen-bond acceptors (Lipinski definition) is 6. The van der Waals surface area contributed by atoms with Crippen LogP contribution in [0.25, 0.3) is 0 Å². The molecule has 0 radical (unpaired) electrons. The van der Waals surface area contributed by atoms with Crippen LogP contribution in [0.4, 0.5) is 9.59 Å². The third kappa shape index (κ3) is 7.85. The van der Waals surface area contributed by atoms with E-state index in [2.05, 4.69) is 17.2 Å². The molecular weight excluding hydrogens is 498 g/mol. The molecule has 206 valence electrons. The molecule has 0 spiro atoms. The summed E-state index contributed by atoms with van der Waals surface area (Å²) in [7, 11) is 0. The van der Waals surface area contributed by atoms with E-state index in [1.165, 1.54) is 6.08 Å². The van der Waals surface area contributed by atoms with E-state index in [4.69, 9.17) is 21.1 Å². The number of nitrogens with zero attached hydrogens (tertiary/aromatic N) is 1. The molecule has 2 rings (SSSR count). The van der Waals surface area contributed by atoms with E-state index >= 15 is 0 Å². The van der Waals surface area contributed by atoms with Crippen LogP contribution in [0.15, 0.2) is 36.9 Å². The molecule has 0 aromatic heterocycles. The number of nitrogens with one attached hydrogen (secondary N) is 2. The number of halogens is 1. The predicted molar refractivity (Wildman–Crippen MR) is 142 cm³/mol. The molecule has 1 aliphatic rings. The maximum Gasteiger partial charge on any atom is 0.509 e. The molecule has 2 atom stereocenters. The van der Waals surface area contributed by atoms with Crippen molar-refractivity contribution in [3.63, 3.8) is 0 Å². The summed E-state index contributed by atoms with van der Waals surface area (Å²) < 4.78 is 10.0. The highest BCUT2D eigenvalue weighted by Gasteiger charge is 2.50. The van der Waals surface area contributed by atoms with Crippen molar-refractivity contribution in [2.75, 3.05) is 26.2 Å². The first-order valence-electron chi connectivity index (χ1n) is 12.4. The van der Waals surface area contributed by atoms with Crippen molar-refractivity contribution in [3.05, 3.63) is 47.5 Å². The fraction of sp³-hybridized carbons (Fsp3) is 0.593. The highest BCUT2D eigenvalue weighted by atomic mass is 35.5. The summed E-state index contributed by atoms with van der Waals surface area (Å²) in [5.74, 6) is -0.406. The van der Waals surface area contributed by atoms with Gasteiger partial charge >= 0.3 is 12.2 Å². The Morgan fingerprint density at radius 1 is 1.24 bits per heavy atom. The molecule has 1 aliphatic heterocycles. The van der Waals surface area contributed by atoms with Gasteiger partial charge in [0, 0.05) is 23.5 Å². The van der Waals surface area contributed by atoms with Gasteiger partial charge in [0.2, 0.25) is 5.91 Å². The molecule has 37 heavy (non-hydrogen) atoms. The van der Waals surface area contributed by atoms with E-state index in [0.29, 0.717) is 24.5 Å². The lowest BCUT2D eigenvalue weighted by Crippen LogP contribution is -2.61. The van der Waals surface area contributed by atoms with E-state index in [9.17, 15) is 19.5 Å². The Morgan fingerprint density at radius 3 is 2.41 bits per heavy atom. The van der Waals surface area contributed by atoms with Gasteiger partial charge in [0.15, 0.2) is 0 Å². The Morgan fingerprint density at radius 2 is 1.86 bits per heavy atom. The van der Waals surface area contributed by atoms with Crippen molar-refractivity contribution in [2.24, 2.45) is 11.3 Å². The minimum Gasteiger partial charge on any atom is -0.430 e. The largest absolute Gasteiger partial charge is 0.509 e. The Bertz CT molecular complexity index is 979. The molecule has 1 heterocycles. The fourth-order valence-corrected chi connectivity index (χ4v) is 4.51. The van der Waals surface area contributed by atoms with Crippen molar-refractivity contribution >= 4 is 29.7 Å². The lowest BCUT2D eigenvalue weighted by Gasteiger charge is -2.51. The van der Waals surface area contributed by atoms with Crippen LogP contribution in [0.2, 0.25) is 5.02 Å². The van der Waals surface area contributed by atoms with Crippen molar-refractivity contribution in [3.8, 4) is 0 Å². The van der Waals surface area contributed by atoms with Crippen LogP contribution in [0, 0.1) is 11.3 Å². The zero-order valence-electron chi connectivity index (χ0n) is 22.6. The average molecular weight is 538 g/mol. The van der Waals surface area contributed by atoms with Gasteiger partial charge in [-0.1, -0.05) is 64.1 Å².